The van der Waals surface area contributed by atoms with Gasteiger partial charge >= 0.3 is 0 Å². The average molecular weight is 750 g/mol. The molecule has 0 bridgehead atoms. The molecule has 11 aromatic rings. The molecule has 0 N–H and O–H groups in total. The standard InChI is InChI=1S/C58H39N/c1-2-12-40(13-3-1)42-24-31-49(32-25-42)59(50-33-26-43(27-34-50)47-23-22-41-14-4-5-16-46(41)38-47)51-35-28-45(29-36-51)58-53-19-9-6-15-44(53)30-37-56(58)57-39-48-17-7-8-18-52(48)54-20-10-11-21-55(54)57/h1-39H. The predicted octanol–water partition coefficient (Wildman–Crippen LogP) is 16.4. The summed E-state index contributed by atoms with van der Waals surface area (Å²) in [5.41, 5.74) is 13.0. The highest BCUT2D eigenvalue weighted by Gasteiger charge is 2.18. The molecule has 11 rings (SSSR count). The van der Waals surface area contributed by atoms with E-state index in [2.05, 4.69) is 241 Å². The number of anilines is 3. The van der Waals surface area contributed by atoms with E-state index < -0.39 is 0 Å². The summed E-state index contributed by atoms with van der Waals surface area (Å²) in [6.45, 7) is 0. The fourth-order valence-electron chi connectivity index (χ4n) is 8.91. The molecular weight excluding hydrogens is 711 g/mol. The average Bonchev–Trinajstić information content (AvgIpc) is 3.32. The van der Waals surface area contributed by atoms with Crippen LogP contribution in [0.4, 0.5) is 17.1 Å². The van der Waals surface area contributed by atoms with Crippen LogP contribution >= 0.6 is 0 Å². The minimum absolute atomic E-state index is 1.10. The van der Waals surface area contributed by atoms with Crippen LogP contribution in [0.1, 0.15) is 0 Å². The second-order valence-electron chi connectivity index (χ2n) is 15.3. The van der Waals surface area contributed by atoms with Crippen LogP contribution in [0.2, 0.25) is 0 Å². The van der Waals surface area contributed by atoms with E-state index >= 15 is 0 Å². The number of benzene rings is 11. The molecule has 0 aliphatic rings. The lowest BCUT2D eigenvalue weighted by Gasteiger charge is -2.26. The van der Waals surface area contributed by atoms with Gasteiger partial charge in [-0.3, -0.25) is 0 Å². The highest BCUT2D eigenvalue weighted by atomic mass is 15.1. The van der Waals surface area contributed by atoms with Gasteiger partial charge in [0.1, 0.15) is 0 Å². The fourth-order valence-corrected chi connectivity index (χ4v) is 8.91. The summed E-state index contributed by atoms with van der Waals surface area (Å²) >= 11 is 0. The summed E-state index contributed by atoms with van der Waals surface area (Å²) in [6.07, 6.45) is 0. The van der Waals surface area contributed by atoms with Gasteiger partial charge in [0.05, 0.1) is 0 Å². The van der Waals surface area contributed by atoms with Crippen molar-refractivity contribution in [3.05, 3.63) is 237 Å². The third-order valence-corrected chi connectivity index (χ3v) is 11.8. The number of rotatable bonds is 7. The Morgan fingerprint density at radius 1 is 0.220 bits per heavy atom. The van der Waals surface area contributed by atoms with Crippen LogP contribution in [0.25, 0.3) is 87.6 Å². The van der Waals surface area contributed by atoms with Crippen molar-refractivity contribution in [2.24, 2.45) is 0 Å². The van der Waals surface area contributed by atoms with Crippen LogP contribution in [-0.2, 0) is 0 Å². The highest BCUT2D eigenvalue weighted by Crippen LogP contribution is 2.44. The third-order valence-electron chi connectivity index (χ3n) is 11.8. The number of nitrogens with zero attached hydrogens (tertiary/aromatic N) is 1. The number of hydrogen-bond donors (Lipinski definition) is 0. The summed E-state index contributed by atoms with van der Waals surface area (Å²) in [4.78, 5) is 2.36. The Bertz CT molecular complexity index is 3290. The van der Waals surface area contributed by atoms with Gasteiger partial charge in [0.2, 0.25) is 0 Å². The third kappa shape index (κ3) is 6.30. The lowest BCUT2D eigenvalue weighted by Crippen LogP contribution is -2.09. The van der Waals surface area contributed by atoms with E-state index in [4.69, 9.17) is 0 Å². The maximum absolute atomic E-state index is 2.38. The Hall–Kier alpha value is -7.74. The summed E-state index contributed by atoms with van der Waals surface area (Å²) in [5.74, 6) is 0. The van der Waals surface area contributed by atoms with E-state index in [0.717, 1.165) is 17.1 Å². The number of hydrogen-bond acceptors (Lipinski definition) is 1. The van der Waals surface area contributed by atoms with Gasteiger partial charge in [0.15, 0.2) is 0 Å². The zero-order chi connectivity index (χ0) is 39.1. The minimum atomic E-state index is 1.10. The first-order chi connectivity index (χ1) is 29.2. The summed E-state index contributed by atoms with van der Waals surface area (Å²) in [7, 11) is 0. The van der Waals surface area contributed by atoms with E-state index in [0.29, 0.717) is 0 Å². The fraction of sp³-hybridized carbons (Fsp3) is 0. The van der Waals surface area contributed by atoms with Gasteiger partial charge in [-0.2, -0.15) is 0 Å². The zero-order valence-electron chi connectivity index (χ0n) is 32.5. The molecule has 59 heavy (non-hydrogen) atoms. The first-order valence-electron chi connectivity index (χ1n) is 20.3. The van der Waals surface area contributed by atoms with E-state index in [1.165, 1.54) is 87.6 Å². The molecule has 0 radical (unpaired) electrons. The highest BCUT2D eigenvalue weighted by molar-refractivity contribution is 6.16. The van der Waals surface area contributed by atoms with Gasteiger partial charge < -0.3 is 4.90 Å². The van der Waals surface area contributed by atoms with E-state index in [1.54, 1.807) is 0 Å². The van der Waals surface area contributed by atoms with E-state index in [-0.39, 0.29) is 0 Å². The monoisotopic (exact) mass is 749 g/mol. The minimum Gasteiger partial charge on any atom is -0.311 e. The van der Waals surface area contributed by atoms with Crippen LogP contribution in [0.15, 0.2) is 237 Å². The lowest BCUT2D eigenvalue weighted by molar-refractivity contribution is 1.28. The first-order valence-corrected chi connectivity index (χ1v) is 20.3. The van der Waals surface area contributed by atoms with Crippen molar-refractivity contribution >= 4 is 60.2 Å². The second kappa shape index (κ2) is 14.6. The largest absolute Gasteiger partial charge is 0.311 e. The molecule has 0 atom stereocenters. The predicted molar refractivity (Wildman–Crippen MR) is 253 cm³/mol. The molecule has 0 fully saturated rings. The lowest BCUT2D eigenvalue weighted by atomic mass is 9.86. The molecule has 0 aliphatic carbocycles. The first kappa shape index (κ1) is 34.5. The van der Waals surface area contributed by atoms with Gasteiger partial charge in [0.25, 0.3) is 0 Å². The number of fused-ring (bicyclic) bond motifs is 5. The Morgan fingerprint density at radius 3 is 1.36 bits per heavy atom. The molecular formula is C58H39N. The molecule has 0 spiro atoms. The Labute approximate surface area is 344 Å². The molecule has 276 valence electrons. The molecule has 1 heteroatoms. The quantitative estimate of drug-likeness (QED) is 0.147. The van der Waals surface area contributed by atoms with Crippen LogP contribution < -0.4 is 4.90 Å². The van der Waals surface area contributed by atoms with Crippen LogP contribution in [0.5, 0.6) is 0 Å². The van der Waals surface area contributed by atoms with Crippen molar-refractivity contribution < 1.29 is 0 Å². The van der Waals surface area contributed by atoms with Crippen molar-refractivity contribution in [1.82, 2.24) is 0 Å². The maximum atomic E-state index is 2.38. The molecule has 11 aromatic carbocycles. The molecule has 0 unspecified atom stereocenters. The molecule has 1 nitrogen and oxygen atoms in total. The van der Waals surface area contributed by atoms with E-state index in [1.807, 2.05) is 0 Å². The van der Waals surface area contributed by atoms with Crippen molar-refractivity contribution in [3.63, 3.8) is 0 Å². The van der Waals surface area contributed by atoms with Gasteiger partial charge in [-0.25, -0.2) is 0 Å². The Balaban J connectivity index is 1.04. The van der Waals surface area contributed by atoms with Gasteiger partial charge in [-0.05, 0) is 136 Å². The molecule has 0 amide bonds. The SMILES string of the molecule is c1ccc(-c2ccc(N(c3ccc(-c4ccc5ccccc5c4)cc3)c3ccc(-c4c(-c5cc6ccccc6c6ccccc56)ccc5ccccc45)cc3)cc2)cc1. The smallest absolute Gasteiger partial charge is 0.0462 e. The second-order valence-corrected chi connectivity index (χ2v) is 15.3. The van der Waals surface area contributed by atoms with Crippen LogP contribution in [0, 0.1) is 0 Å². The maximum Gasteiger partial charge on any atom is 0.0462 e. The van der Waals surface area contributed by atoms with Crippen molar-refractivity contribution in [3.8, 4) is 44.5 Å². The van der Waals surface area contributed by atoms with Crippen LogP contribution in [-0.4, -0.2) is 0 Å². The summed E-state index contributed by atoms with van der Waals surface area (Å²) < 4.78 is 0. The van der Waals surface area contributed by atoms with Crippen molar-refractivity contribution in [2.75, 3.05) is 4.90 Å². The molecule has 0 saturated carbocycles. The summed E-state index contributed by atoms with van der Waals surface area (Å²) in [5, 5.41) is 10.0. The van der Waals surface area contributed by atoms with Crippen molar-refractivity contribution in [1.29, 1.82) is 0 Å². The topological polar surface area (TPSA) is 3.24 Å². The molecule has 0 aliphatic heterocycles. The molecule has 0 heterocycles. The van der Waals surface area contributed by atoms with Crippen LogP contribution in [0.3, 0.4) is 0 Å². The van der Waals surface area contributed by atoms with Gasteiger partial charge in [-0.1, -0.05) is 188 Å². The van der Waals surface area contributed by atoms with E-state index in [9.17, 15) is 0 Å². The summed E-state index contributed by atoms with van der Waals surface area (Å²) in [6, 6.07) is 86.3. The Morgan fingerprint density at radius 2 is 0.678 bits per heavy atom. The molecule has 0 aromatic heterocycles. The zero-order valence-corrected chi connectivity index (χ0v) is 32.5. The Kier molecular flexibility index (Phi) is 8.56. The molecule has 0 saturated heterocycles. The van der Waals surface area contributed by atoms with Gasteiger partial charge in [-0.15, -0.1) is 0 Å². The van der Waals surface area contributed by atoms with Crippen molar-refractivity contribution in [2.45, 2.75) is 0 Å². The normalized spacial score (nSPS) is 11.4. The van der Waals surface area contributed by atoms with Gasteiger partial charge in [0, 0.05) is 17.1 Å².